The Morgan fingerprint density at radius 2 is 1.75 bits per heavy atom. The van der Waals surface area contributed by atoms with Crippen LogP contribution in [0.2, 0.25) is 0 Å². The van der Waals surface area contributed by atoms with Gasteiger partial charge < -0.3 is 5.32 Å². The zero-order chi connectivity index (χ0) is 17.4. The number of rotatable bonds is 2. The fourth-order valence-corrected chi connectivity index (χ4v) is 2.50. The Morgan fingerprint density at radius 3 is 2.42 bits per heavy atom. The first-order valence-corrected chi connectivity index (χ1v) is 7.34. The number of pyridine rings is 1. The fraction of sp³-hybridized carbons (Fsp3) is 0.176. The van der Waals surface area contributed by atoms with Crippen molar-refractivity contribution in [2.75, 3.05) is 5.32 Å². The number of anilines is 1. The molecule has 0 aliphatic carbocycles. The second kappa shape index (κ2) is 5.77. The van der Waals surface area contributed by atoms with Crippen LogP contribution in [0.5, 0.6) is 0 Å². The maximum atomic E-state index is 12.3. The molecular weight excluding hydrogens is 308 g/mol. The van der Waals surface area contributed by atoms with E-state index < -0.39 is 11.2 Å². The quantitative estimate of drug-likeness (QED) is 0.767. The molecule has 0 radical (unpaired) electrons. The van der Waals surface area contributed by atoms with Crippen molar-refractivity contribution in [1.82, 2.24) is 14.1 Å². The van der Waals surface area contributed by atoms with Gasteiger partial charge in [-0.15, -0.1) is 0 Å². The number of nitrogens with zero attached hydrogens (tertiary/aromatic N) is 3. The van der Waals surface area contributed by atoms with Crippen LogP contribution in [0.3, 0.4) is 0 Å². The van der Waals surface area contributed by atoms with Crippen molar-refractivity contribution in [2.24, 2.45) is 14.1 Å². The van der Waals surface area contributed by atoms with Crippen molar-refractivity contribution in [3.05, 3.63) is 68.5 Å². The summed E-state index contributed by atoms with van der Waals surface area (Å²) in [7, 11) is 2.96. The van der Waals surface area contributed by atoms with Gasteiger partial charge in [0.05, 0.1) is 16.8 Å². The summed E-state index contributed by atoms with van der Waals surface area (Å²) in [5.41, 5.74) is 0.863. The van der Waals surface area contributed by atoms with E-state index in [2.05, 4.69) is 10.3 Å². The van der Waals surface area contributed by atoms with Crippen LogP contribution in [-0.4, -0.2) is 20.0 Å². The largest absolute Gasteiger partial charge is 0.332 e. The number of aromatic nitrogens is 3. The standard InChI is InChI=1S/C17H16N4O3/c1-10-13(19-15(22)11-7-5-4-6-8-11)9-12-14(18-10)20(2)17(24)21(3)16(12)23/h4-9H,1-3H3,(H,19,22). The maximum absolute atomic E-state index is 12.3. The average molecular weight is 324 g/mol. The first-order chi connectivity index (χ1) is 11.4. The van der Waals surface area contributed by atoms with E-state index in [1.807, 2.05) is 6.07 Å². The Kier molecular flexibility index (Phi) is 3.76. The highest BCUT2D eigenvalue weighted by Crippen LogP contribution is 2.18. The minimum Gasteiger partial charge on any atom is -0.320 e. The van der Waals surface area contributed by atoms with Crippen LogP contribution in [0.15, 0.2) is 46.0 Å². The molecule has 0 unspecified atom stereocenters. The molecule has 1 aromatic carbocycles. The molecule has 7 heteroatoms. The Labute approximate surface area is 137 Å². The monoisotopic (exact) mass is 324 g/mol. The minimum atomic E-state index is -0.448. The summed E-state index contributed by atoms with van der Waals surface area (Å²) >= 11 is 0. The van der Waals surface area contributed by atoms with Crippen molar-refractivity contribution >= 4 is 22.6 Å². The molecule has 0 bridgehead atoms. The Balaban J connectivity index is 2.14. The molecule has 0 saturated carbocycles. The van der Waals surface area contributed by atoms with Gasteiger partial charge in [-0.2, -0.15) is 0 Å². The van der Waals surface area contributed by atoms with Gasteiger partial charge in [-0.05, 0) is 25.1 Å². The molecule has 2 aromatic heterocycles. The van der Waals surface area contributed by atoms with Crippen molar-refractivity contribution in [2.45, 2.75) is 6.92 Å². The number of nitrogens with one attached hydrogen (secondary N) is 1. The van der Waals surface area contributed by atoms with Crippen LogP contribution in [0.1, 0.15) is 16.1 Å². The highest BCUT2D eigenvalue weighted by molar-refractivity contribution is 6.05. The number of carbonyl (C=O) groups excluding carboxylic acids is 1. The highest BCUT2D eigenvalue weighted by Gasteiger charge is 2.14. The van der Waals surface area contributed by atoms with Crippen LogP contribution < -0.4 is 16.6 Å². The zero-order valence-electron chi connectivity index (χ0n) is 13.5. The molecule has 3 rings (SSSR count). The van der Waals surface area contributed by atoms with Crippen LogP contribution in [0.25, 0.3) is 11.0 Å². The predicted molar refractivity (Wildman–Crippen MR) is 91.4 cm³/mol. The molecule has 1 N–H and O–H groups in total. The van der Waals surface area contributed by atoms with E-state index in [4.69, 9.17) is 0 Å². The van der Waals surface area contributed by atoms with Crippen molar-refractivity contribution in [3.63, 3.8) is 0 Å². The van der Waals surface area contributed by atoms with Gasteiger partial charge in [0.25, 0.3) is 11.5 Å². The van der Waals surface area contributed by atoms with Gasteiger partial charge in [0.2, 0.25) is 0 Å². The SMILES string of the molecule is Cc1nc2c(cc1NC(=O)c1ccccc1)c(=O)n(C)c(=O)n2C. The summed E-state index contributed by atoms with van der Waals surface area (Å²) in [6.07, 6.45) is 0. The molecule has 3 aromatic rings. The van der Waals surface area contributed by atoms with E-state index in [-0.39, 0.29) is 11.3 Å². The smallest absolute Gasteiger partial charge is 0.320 e. The second-order valence-corrected chi connectivity index (χ2v) is 5.52. The number of hydrogen-bond acceptors (Lipinski definition) is 4. The Bertz CT molecular complexity index is 1070. The highest BCUT2D eigenvalue weighted by atomic mass is 16.2. The molecule has 0 aliphatic heterocycles. The molecule has 0 spiro atoms. The van der Waals surface area contributed by atoms with Crippen LogP contribution in [0.4, 0.5) is 5.69 Å². The minimum absolute atomic E-state index is 0.272. The predicted octanol–water partition coefficient (Wildman–Crippen LogP) is 1.19. The first-order valence-electron chi connectivity index (χ1n) is 7.34. The van der Waals surface area contributed by atoms with E-state index in [9.17, 15) is 14.4 Å². The van der Waals surface area contributed by atoms with E-state index in [1.165, 1.54) is 11.6 Å². The lowest BCUT2D eigenvalue weighted by Gasteiger charge is -2.12. The Morgan fingerprint density at radius 1 is 1.08 bits per heavy atom. The summed E-state index contributed by atoms with van der Waals surface area (Å²) in [5.74, 6) is -0.290. The van der Waals surface area contributed by atoms with Gasteiger partial charge in [-0.25, -0.2) is 9.78 Å². The summed E-state index contributed by atoms with van der Waals surface area (Å²) < 4.78 is 2.33. The molecule has 122 valence electrons. The lowest BCUT2D eigenvalue weighted by Crippen LogP contribution is -2.37. The van der Waals surface area contributed by atoms with Crippen LogP contribution in [-0.2, 0) is 14.1 Å². The molecule has 1 amide bonds. The number of aryl methyl sites for hydroxylation is 2. The van der Waals surface area contributed by atoms with Crippen molar-refractivity contribution in [3.8, 4) is 0 Å². The molecule has 0 fully saturated rings. The van der Waals surface area contributed by atoms with E-state index in [0.717, 1.165) is 4.57 Å². The topological polar surface area (TPSA) is 86.0 Å². The second-order valence-electron chi connectivity index (χ2n) is 5.52. The number of carbonyl (C=O) groups is 1. The van der Waals surface area contributed by atoms with Crippen LogP contribution >= 0.6 is 0 Å². The third kappa shape index (κ3) is 2.50. The maximum Gasteiger partial charge on any atom is 0.332 e. The van der Waals surface area contributed by atoms with Gasteiger partial charge in [0, 0.05) is 19.7 Å². The molecular formula is C17H16N4O3. The number of benzene rings is 1. The molecule has 2 heterocycles. The summed E-state index contributed by atoms with van der Waals surface area (Å²) in [6.45, 7) is 1.71. The van der Waals surface area contributed by atoms with Gasteiger partial charge in [0.15, 0.2) is 0 Å². The normalized spacial score (nSPS) is 10.8. The van der Waals surface area contributed by atoms with Gasteiger partial charge >= 0.3 is 5.69 Å². The van der Waals surface area contributed by atoms with Crippen LogP contribution in [0, 0.1) is 6.92 Å². The zero-order valence-corrected chi connectivity index (χ0v) is 13.5. The van der Waals surface area contributed by atoms with Gasteiger partial charge in [-0.3, -0.25) is 18.7 Å². The number of fused-ring (bicyclic) bond motifs is 1. The molecule has 0 aliphatic rings. The van der Waals surface area contributed by atoms with Crippen molar-refractivity contribution < 1.29 is 4.79 Å². The fourth-order valence-electron chi connectivity index (χ4n) is 2.50. The molecule has 0 saturated heterocycles. The summed E-state index contributed by atoms with van der Waals surface area (Å²) in [6, 6.07) is 10.3. The van der Waals surface area contributed by atoms with E-state index in [1.54, 1.807) is 44.3 Å². The van der Waals surface area contributed by atoms with E-state index >= 15 is 0 Å². The number of amides is 1. The van der Waals surface area contributed by atoms with Gasteiger partial charge in [-0.1, -0.05) is 18.2 Å². The molecule has 0 atom stereocenters. The molecule has 24 heavy (non-hydrogen) atoms. The Hall–Kier alpha value is -3.22. The average Bonchev–Trinajstić information content (AvgIpc) is 2.60. The lowest BCUT2D eigenvalue weighted by molar-refractivity contribution is 0.102. The van der Waals surface area contributed by atoms with E-state index in [0.29, 0.717) is 22.6 Å². The van der Waals surface area contributed by atoms with Gasteiger partial charge in [0.1, 0.15) is 5.65 Å². The molecule has 7 nitrogen and oxygen atoms in total. The number of hydrogen-bond donors (Lipinski definition) is 1. The first kappa shape index (κ1) is 15.7. The summed E-state index contributed by atoms with van der Waals surface area (Å²) in [4.78, 5) is 40.9. The third-order valence-corrected chi connectivity index (χ3v) is 3.90. The summed E-state index contributed by atoms with van der Waals surface area (Å²) in [5, 5.41) is 3.03. The van der Waals surface area contributed by atoms with Crippen molar-refractivity contribution in [1.29, 1.82) is 0 Å². The lowest BCUT2D eigenvalue weighted by atomic mass is 10.2. The third-order valence-electron chi connectivity index (χ3n) is 3.90.